The molecule has 0 atom stereocenters. The van der Waals surface area contributed by atoms with Crippen molar-refractivity contribution < 1.29 is 0 Å². The zero-order chi connectivity index (χ0) is 12.7. The smallest absolute Gasteiger partial charge is 0.161 e. The minimum atomic E-state index is 0.525. The fourth-order valence-electron chi connectivity index (χ4n) is 2.60. The highest BCUT2D eigenvalue weighted by Crippen LogP contribution is 2.37. The molecule has 0 aromatic carbocycles. The van der Waals surface area contributed by atoms with Gasteiger partial charge in [0.15, 0.2) is 11.5 Å². The van der Waals surface area contributed by atoms with Gasteiger partial charge in [0.2, 0.25) is 0 Å². The zero-order valence-electron chi connectivity index (χ0n) is 10.5. The van der Waals surface area contributed by atoms with Gasteiger partial charge in [-0.25, -0.2) is 9.97 Å². The van der Waals surface area contributed by atoms with E-state index in [4.69, 9.17) is 4.98 Å². The van der Waals surface area contributed by atoms with Crippen molar-refractivity contribution in [1.82, 2.24) is 19.5 Å². The van der Waals surface area contributed by atoms with Gasteiger partial charge in [-0.15, -0.1) is 0 Å². The van der Waals surface area contributed by atoms with E-state index in [1.807, 2.05) is 42.7 Å². The third-order valence-electron chi connectivity index (χ3n) is 3.78. The highest BCUT2D eigenvalue weighted by atomic mass is 15.2. The van der Waals surface area contributed by atoms with E-state index in [9.17, 15) is 0 Å². The second-order valence-electron chi connectivity index (χ2n) is 4.95. The Bertz CT molecular complexity index is 713. The average Bonchev–Trinajstić information content (AvgIpc) is 2.78. The first-order valence-electron chi connectivity index (χ1n) is 6.68. The van der Waals surface area contributed by atoms with Crippen molar-refractivity contribution in [2.75, 3.05) is 0 Å². The fourth-order valence-corrected chi connectivity index (χ4v) is 2.60. The van der Waals surface area contributed by atoms with Gasteiger partial charge in [-0.1, -0.05) is 6.07 Å². The maximum atomic E-state index is 4.72. The molecule has 1 fully saturated rings. The molecule has 0 radical (unpaired) electrons. The van der Waals surface area contributed by atoms with E-state index in [-0.39, 0.29) is 0 Å². The van der Waals surface area contributed by atoms with E-state index in [2.05, 4.69) is 14.5 Å². The van der Waals surface area contributed by atoms with Crippen molar-refractivity contribution in [2.45, 2.75) is 25.3 Å². The summed E-state index contributed by atoms with van der Waals surface area (Å²) in [5, 5.41) is 0. The molecular weight excluding hydrogens is 236 g/mol. The van der Waals surface area contributed by atoms with E-state index in [0.717, 1.165) is 22.7 Å². The van der Waals surface area contributed by atoms with Gasteiger partial charge in [0.25, 0.3) is 0 Å². The Kier molecular flexibility index (Phi) is 2.33. The second kappa shape index (κ2) is 4.16. The van der Waals surface area contributed by atoms with E-state index >= 15 is 0 Å². The van der Waals surface area contributed by atoms with Crippen LogP contribution in [0.4, 0.5) is 0 Å². The lowest BCUT2D eigenvalue weighted by Gasteiger charge is -2.28. The molecule has 0 spiro atoms. The lowest BCUT2D eigenvalue weighted by atomic mass is 9.92. The van der Waals surface area contributed by atoms with Crippen molar-refractivity contribution in [3.8, 4) is 11.5 Å². The van der Waals surface area contributed by atoms with Gasteiger partial charge in [0, 0.05) is 18.4 Å². The first-order chi connectivity index (χ1) is 9.43. The molecule has 19 heavy (non-hydrogen) atoms. The van der Waals surface area contributed by atoms with Crippen LogP contribution in [0.2, 0.25) is 0 Å². The highest BCUT2D eigenvalue weighted by Gasteiger charge is 2.26. The number of aromatic nitrogens is 4. The third kappa shape index (κ3) is 1.63. The molecule has 4 heteroatoms. The van der Waals surface area contributed by atoms with Crippen LogP contribution in [0.15, 0.2) is 42.7 Å². The van der Waals surface area contributed by atoms with Crippen molar-refractivity contribution in [2.24, 2.45) is 0 Å². The van der Waals surface area contributed by atoms with Gasteiger partial charge in [0.1, 0.15) is 11.2 Å². The van der Waals surface area contributed by atoms with Crippen LogP contribution in [-0.4, -0.2) is 19.5 Å². The summed E-state index contributed by atoms with van der Waals surface area (Å²) in [6, 6.07) is 10.4. The van der Waals surface area contributed by atoms with Crippen molar-refractivity contribution in [3.05, 3.63) is 42.7 Å². The van der Waals surface area contributed by atoms with Gasteiger partial charge in [-0.05, 0) is 43.5 Å². The summed E-state index contributed by atoms with van der Waals surface area (Å²) >= 11 is 0. The van der Waals surface area contributed by atoms with E-state index < -0.39 is 0 Å². The largest absolute Gasteiger partial charge is 0.304 e. The van der Waals surface area contributed by atoms with Gasteiger partial charge in [-0.3, -0.25) is 4.98 Å². The molecule has 4 rings (SSSR count). The van der Waals surface area contributed by atoms with Crippen molar-refractivity contribution in [1.29, 1.82) is 0 Å². The number of hydrogen-bond donors (Lipinski definition) is 0. The third-order valence-corrected chi connectivity index (χ3v) is 3.78. The Morgan fingerprint density at radius 3 is 2.63 bits per heavy atom. The lowest BCUT2D eigenvalue weighted by molar-refractivity contribution is 0.321. The zero-order valence-corrected chi connectivity index (χ0v) is 10.5. The topological polar surface area (TPSA) is 43.6 Å². The molecule has 3 aromatic rings. The normalized spacial score (nSPS) is 15.6. The predicted molar refractivity (Wildman–Crippen MR) is 73.6 cm³/mol. The van der Waals surface area contributed by atoms with Gasteiger partial charge < -0.3 is 4.57 Å². The molecule has 0 bridgehead atoms. The van der Waals surface area contributed by atoms with Crippen LogP contribution in [0.1, 0.15) is 25.3 Å². The number of pyridine rings is 2. The molecule has 1 aliphatic rings. The molecular formula is C15H14N4. The summed E-state index contributed by atoms with van der Waals surface area (Å²) in [7, 11) is 0. The molecule has 94 valence electrons. The molecule has 0 unspecified atom stereocenters. The summed E-state index contributed by atoms with van der Waals surface area (Å²) in [5.74, 6) is 0.944. The number of hydrogen-bond acceptors (Lipinski definition) is 3. The van der Waals surface area contributed by atoms with Crippen LogP contribution < -0.4 is 0 Å². The molecule has 0 aliphatic heterocycles. The minimum Gasteiger partial charge on any atom is -0.304 e. The number of rotatable bonds is 2. The summed E-state index contributed by atoms with van der Waals surface area (Å²) in [4.78, 5) is 13.7. The van der Waals surface area contributed by atoms with Crippen LogP contribution >= 0.6 is 0 Å². The van der Waals surface area contributed by atoms with Crippen LogP contribution in [0.5, 0.6) is 0 Å². The van der Waals surface area contributed by atoms with Crippen molar-refractivity contribution in [3.63, 3.8) is 0 Å². The summed E-state index contributed by atoms with van der Waals surface area (Å²) in [6.45, 7) is 0. The molecule has 0 N–H and O–H groups in total. The quantitative estimate of drug-likeness (QED) is 0.701. The van der Waals surface area contributed by atoms with Gasteiger partial charge >= 0.3 is 0 Å². The molecule has 4 nitrogen and oxygen atoms in total. The van der Waals surface area contributed by atoms with Gasteiger partial charge in [-0.2, -0.15) is 0 Å². The molecule has 1 aliphatic carbocycles. The first-order valence-corrected chi connectivity index (χ1v) is 6.68. The maximum Gasteiger partial charge on any atom is 0.161 e. The first kappa shape index (κ1) is 10.7. The van der Waals surface area contributed by atoms with Crippen LogP contribution in [0, 0.1) is 0 Å². The lowest BCUT2D eigenvalue weighted by Crippen LogP contribution is -2.18. The van der Waals surface area contributed by atoms with E-state index in [1.54, 1.807) is 0 Å². The summed E-state index contributed by atoms with van der Waals surface area (Å²) in [5.41, 5.74) is 2.86. The fraction of sp³-hybridized carbons (Fsp3) is 0.267. The molecule has 3 heterocycles. The minimum absolute atomic E-state index is 0.525. The number of fused-ring (bicyclic) bond motifs is 1. The monoisotopic (exact) mass is 250 g/mol. The molecule has 0 amide bonds. The van der Waals surface area contributed by atoms with E-state index in [0.29, 0.717) is 6.04 Å². The Balaban J connectivity index is 1.98. The molecule has 0 saturated heterocycles. The Labute approximate surface area is 111 Å². The van der Waals surface area contributed by atoms with Crippen LogP contribution in [-0.2, 0) is 0 Å². The predicted octanol–water partition coefficient (Wildman–Crippen LogP) is 3.22. The molecule has 3 aromatic heterocycles. The SMILES string of the molecule is c1ccc(-c2nc3cccnc3n2C2CCC2)nc1. The van der Waals surface area contributed by atoms with Crippen molar-refractivity contribution >= 4 is 11.2 Å². The van der Waals surface area contributed by atoms with Crippen LogP contribution in [0.25, 0.3) is 22.7 Å². The standard InChI is InChI=1S/C15H14N4/c1-2-9-16-12(7-1)15-18-13-8-4-10-17-14(13)19(15)11-5-3-6-11/h1-2,4,7-11H,3,5-6H2. The van der Waals surface area contributed by atoms with Crippen LogP contribution in [0.3, 0.4) is 0 Å². The Hall–Kier alpha value is -2.23. The van der Waals surface area contributed by atoms with E-state index in [1.165, 1.54) is 19.3 Å². The molecule has 1 saturated carbocycles. The number of imidazole rings is 1. The summed E-state index contributed by atoms with van der Waals surface area (Å²) in [6.07, 6.45) is 7.36. The second-order valence-corrected chi connectivity index (χ2v) is 4.95. The van der Waals surface area contributed by atoms with Gasteiger partial charge in [0.05, 0.1) is 0 Å². The summed E-state index contributed by atoms with van der Waals surface area (Å²) < 4.78 is 2.27. The highest BCUT2D eigenvalue weighted by molar-refractivity contribution is 5.76. The maximum absolute atomic E-state index is 4.72. The average molecular weight is 250 g/mol. The Morgan fingerprint density at radius 2 is 1.89 bits per heavy atom. The number of nitrogens with zero attached hydrogens (tertiary/aromatic N) is 4. The Morgan fingerprint density at radius 1 is 1.00 bits per heavy atom.